The van der Waals surface area contributed by atoms with Gasteiger partial charge in [-0.05, 0) is 124 Å². The average molecular weight is 787 g/mol. The molecule has 0 aromatic heterocycles. The highest BCUT2D eigenvalue weighted by atomic mass is 35.5. The Morgan fingerprint density at radius 3 is 1.73 bits per heavy atom. The molecule has 2 fully saturated rings. The fourth-order valence-electron chi connectivity index (χ4n) is 5.61. The molecule has 12 heteroatoms. The maximum atomic E-state index is 13.7. The minimum Gasteiger partial charge on any atom is -0.488 e. The van der Waals surface area contributed by atoms with E-state index in [9.17, 15) is 19.2 Å². The van der Waals surface area contributed by atoms with Crippen LogP contribution in [0.15, 0.2) is 42.5 Å². The summed E-state index contributed by atoms with van der Waals surface area (Å²) in [5.41, 5.74) is -1.51. The average Bonchev–Trinajstić information content (AvgIpc) is 3.58. The number of carbonyl (C=O) groups excluding carboxylic acids is 4. The van der Waals surface area contributed by atoms with Crippen molar-refractivity contribution in [3.05, 3.63) is 64.2 Å². The molecule has 304 valence electrons. The van der Waals surface area contributed by atoms with Gasteiger partial charge < -0.3 is 33.2 Å². The number of hydrogen-bond acceptors (Lipinski definition) is 11. The topological polar surface area (TPSA) is 133 Å². The first kappa shape index (κ1) is 44.0. The van der Waals surface area contributed by atoms with E-state index in [-0.39, 0.29) is 12.7 Å². The molecule has 0 spiro atoms. The Bertz CT molecular complexity index is 1670. The van der Waals surface area contributed by atoms with Crippen molar-refractivity contribution in [3.8, 4) is 5.75 Å². The second-order valence-corrected chi connectivity index (χ2v) is 19.0. The maximum Gasteiger partial charge on any atom is 0.311 e. The third-order valence-corrected chi connectivity index (χ3v) is 9.47. The Morgan fingerprint density at radius 1 is 0.691 bits per heavy atom. The molecule has 6 atom stereocenters. The normalized spacial score (nSPS) is 23.4. The van der Waals surface area contributed by atoms with Crippen LogP contribution in [-0.4, -0.2) is 74.2 Å². The van der Waals surface area contributed by atoms with E-state index in [2.05, 4.69) is 0 Å². The Hall–Kier alpha value is -3.67. The van der Waals surface area contributed by atoms with E-state index >= 15 is 0 Å². The summed E-state index contributed by atoms with van der Waals surface area (Å²) in [7, 11) is 0. The van der Waals surface area contributed by atoms with Gasteiger partial charge in [0.05, 0.1) is 34.9 Å². The number of esters is 4. The summed E-state index contributed by atoms with van der Waals surface area (Å²) >= 11 is 6.79. The number of halogens is 1. The van der Waals surface area contributed by atoms with Crippen LogP contribution in [0, 0.1) is 21.7 Å². The van der Waals surface area contributed by atoms with Crippen molar-refractivity contribution in [1.82, 2.24) is 0 Å². The van der Waals surface area contributed by atoms with Crippen LogP contribution in [0.1, 0.15) is 112 Å². The van der Waals surface area contributed by atoms with Crippen molar-refractivity contribution in [2.24, 2.45) is 21.7 Å². The zero-order valence-corrected chi connectivity index (χ0v) is 35.2. The number of benzene rings is 2. The SMILES string of the molecule is CC(C)(C)C(=O)OC[C@H]1O[C@@H](c2ccc(Cl)c(Cc3ccc(O[C@@H]4CCOC4)cc3)c2)[C@H](OC(=O)C(C)(C)C)[C@@H](OC(=O)C(C)(C)C)[C@@H]1OC(=O)C(C)(C)C. The highest BCUT2D eigenvalue weighted by Gasteiger charge is 2.55. The van der Waals surface area contributed by atoms with Gasteiger partial charge in [-0.3, -0.25) is 19.2 Å². The molecule has 2 aromatic rings. The molecule has 0 bridgehead atoms. The van der Waals surface area contributed by atoms with Crippen LogP contribution in [0.4, 0.5) is 0 Å². The van der Waals surface area contributed by atoms with Gasteiger partial charge in [0, 0.05) is 11.4 Å². The van der Waals surface area contributed by atoms with Crippen molar-refractivity contribution in [1.29, 1.82) is 0 Å². The molecule has 0 unspecified atom stereocenters. The molecule has 0 radical (unpaired) electrons. The number of hydrogen-bond donors (Lipinski definition) is 0. The fraction of sp³-hybridized carbons (Fsp3) is 0.628. The molecule has 2 heterocycles. The van der Waals surface area contributed by atoms with Crippen LogP contribution in [0.25, 0.3) is 0 Å². The van der Waals surface area contributed by atoms with Crippen molar-refractivity contribution in [3.63, 3.8) is 0 Å². The van der Waals surface area contributed by atoms with E-state index in [0.29, 0.717) is 30.2 Å². The molecule has 4 rings (SSSR count). The van der Waals surface area contributed by atoms with Crippen molar-refractivity contribution < 1.29 is 52.3 Å². The Kier molecular flexibility index (Phi) is 13.8. The lowest BCUT2D eigenvalue weighted by Gasteiger charge is -2.46. The standard InChI is InChI=1S/C43H59ClO11/c1-40(2,3)36(45)50-24-31-33(53-37(46)41(4,5)6)35(55-39(48)43(10,11)12)34(54-38(47)42(7,8)9)32(52-31)26-15-18-30(44)27(22-26)21-25-13-16-28(17-14-25)51-29-19-20-49-23-29/h13-18,22,29,31-35H,19-21,23-24H2,1-12H3/t29-,31-,32+,33-,34+,35+/m1/s1. The lowest BCUT2D eigenvalue weighted by molar-refractivity contribution is -0.262. The van der Waals surface area contributed by atoms with E-state index in [1.807, 2.05) is 30.3 Å². The number of carbonyl (C=O) groups is 4. The molecule has 0 aliphatic carbocycles. The third kappa shape index (κ3) is 11.9. The first-order chi connectivity index (χ1) is 25.3. The monoisotopic (exact) mass is 786 g/mol. The minimum absolute atomic E-state index is 0.0247. The Balaban J connectivity index is 1.81. The van der Waals surface area contributed by atoms with Gasteiger partial charge in [-0.2, -0.15) is 0 Å². The van der Waals surface area contributed by atoms with Gasteiger partial charge in [-0.25, -0.2) is 0 Å². The van der Waals surface area contributed by atoms with E-state index in [0.717, 1.165) is 23.3 Å². The lowest BCUT2D eigenvalue weighted by Crippen LogP contribution is -2.61. The van der Waals surface area contributed by atoms with Gasteiger partial charge in [0.15, 0.2) is 18.3 Å². The second kappa shape index (κ2) is 17.2. The molecule has 2 saturated heterocycles. The molecule has 2 aromatic carbocycles. The molecule has 0 N–H and O–H groups in total. The predicted molar refractivity (Wildman–Crippen MR) is 207 cm³/mol. The van der Waals surface area contributed by atoms with Crippen LogP contribution in [-0.2, 0) is 54.0 Å². The molecule has 11 nitrogen and oxygen atoms in total. The largest absolute Gasteiger partial charge is 0.488 e. The lowest BCUT2D eigenvalue weighted by atomic mass is 9.87. The predicted octanol–water partition coefficient (Wildman–Crippen LogP) is 8.00. The van der Waals surface area contributed by atoms with E-state index in [4.69, 9.17) is 44.8 Å². The summed E-state index contributed by atoms with van der Waals surface area (Å²) in [6, 6.07) is 13.1. The van der Waals surface area contributed by atoms with E-state index in [1.54, 1.807) is 95.2 Å². The highest BCUT2D eigenvalue weighted by molar-refractivity contribution is 6.31. The highest BCUT2D eigenvalue weighted by Crippen LogP contribution is 2.41. The molecular formula is C43H59ClO11. The zero-order chi connectivity index (χ0) is 41.1. The summed E-state index contributed by atoms with van der Waals surface area (Å²) in [5, 5.41) is 0.495. The summed E-state index contributed by atoms with van der Waals surface area (Å²) in [5.74, 6) is -1.61. The smallest absolute Gasteiger partial charge is 0.311 e. The quantitative estimate of drug-likeness (QED) is 0.171. The van der Waals surface area contributed by atoms with Gasteiger partial charge in [0.25, 0.3) is 0 Å². The van der Waals surface area contributed by atoms with Crippen molar-refractivity contribution in [2.75, 3.05) is 19.8 Å². The fourth-order valence-corrected chi connectivity index (χ4v) is 5.79. The minimum atomic E-state index is -1.36. The molecule has 0 amide bonds. The van der Waals surface area contributed by atoms with Gasteiger partial charge in [0.1, 0.15) is 30.7 Å². The van der Waals surface area contributed by atoms with E-state index < -0.39 is 76.1 Å². The second-order valence-electron chi connectivity index (χ2n) is 18.6. The Labute approximate surface area is 331 Å². The van der Waals surface area contributed by atoms with Crippen molar-refractivity contribution in [2.45, 2.75) is 133 Å². The van der Waals surface area contributed by atoms with Crippen LogP contribution < -0.4 is 4.74 Å². The first-order valence-corrected chi connectivity index (χ1v) is 19.3. The third-order valence-electron chi connectivity index (χ3n) is 9.10. The van der Waals surface area contributed by atoms with Crippen LogP contribution in [0.5, 0.6) is 5.75 Å². The molecule has 0 saturated carbocycles. The van der Waals surface area contributed by atoms with Crippen LogP contribution in [0.3, 0.4) is 0 Å². The summed E-state index contributed by atoms with van der Waals surface area (Å²) in [4.78, 5) is 54.0. The van der Waals surface area contributed by atoms with E-state index in [1.165, 1.54) is 0 Å². The Morgan fingerprint density at radius 2 is 1.22 bits per heavy atom. The summed E-state index contributed by atoms with van der Waals surface area (Å²) in [6.45, 7) is 21.3. The maximum absolute atomic E-state index is 13.7. The first-order valence-electron chi connectivity index (χ1n) is 18.9. The zero-order valence-electron chi connectivity index (χ0n) is 34.4. The van der Waals surface area contributed by atoms with Gasteiger partial charge in [-0.1, -0.05) is 35.9 Å². The molecule has 2 aliphatic rings. The molecule has 55 heavy (non-hydrogen) atoms. The van der Waals surface area contributed by atoms with Gasteiger partial charge in [-0.15, -0.1) is 0 Å². The number of ether oxygens (including phenoxy) is 7. The van der Waals surface area contributed by atoms with Crippen molar-refractivity contribution >= 4 is 35.5 Å². The van der Waals surface area contributed by atoms with Gasteiger partial charge >= 0.3 is 23.9 Å². The van der Waals surface area contributed by atoms with Crippen LogP contribution >= 0.6 is 11.6 Å². The summed E-state index contributed by atoms with van der Waals surface area (Å²) < 4.78 is 42.5. The van der Waals surface area contributed by atoms with Crippen LogP contribution in [0.2, 0.25) is 5.02 Å². The summed E-state index contributed by atoms with van der Waals surface area (Å²) in [6.07, 6.45) is -4.89. The number of rotatable bonds is 10. The molecule has 2 aliphatic heterocycles. The molecular weight excluding hydrogens is 728 g/mol. The van der Waals surface area contributed by atoms with Gasteiger partial charge in [0.2, 0.25) is 0 Å².